The van der Waals surface area contributed by atoms with Crippen molar-refractivity contribution in [1.29, 1.82) is 0 Å². The Morgan fingerprint density at radius 1 is 1.59 bits per heavy atom. The Hall–Kier alpha value is -1.30. The summed E-state index contributed by atoms with van der Waals surface area (Å²) in [7, 11) is 0. The largest absolute Gasteiger partial charge is 0.379 e. The summed E-state index contributed by atoms with van der Waals surface area (Å²) in [6.45, 7) is 2.07. The molecule has 17 heavy (non-hydrogen) atoms. The van der Waals surface area contributed by atoms with Crippen LogP contribution in [0.5, 0.6) is 0 Å². The van der Waals surface area contributed by atoms with E-state index in [4.69, 9.17) is 0 Å². The van der Waals surface area contributed by atoms with E-state index in [0.29, 0.717) is 5.25 Å². The number of hydrogen-bond donors (Lipinski definition) is 1. The van der Waals surface area contributed by atoms with Crippen LogP contribution in [-0.4, -0.2) is 22.0 Å². The molecule has 0 aliphatic carbocycles. The summed E-state index contributed by atoms with van der Waals surface area (Å²) in [5.74, 6) is 0.592. The summed E-state index contributed by atoms with van der Waals surface area (Å²) in [5, 5.41) is 14.1. The van der Waals surface area contributed by atoms with Gasteiger partial charge in [0, 0.05) is 23.4 Å². The van der Waals surface area contributed by atoms with Gasteiger partial charge in [-0.05, 0) is 18.2 Å². The summed E-state index contributed by atoms with van der Waals surface area (Å²) in [6, 6.07) is 3.74. The Morgan fingerprint density at radius 3 is 2.94 bits per heavy atom. The summed E-state index contributed by atoms with van der Waals surface area (Å²) >= 11 is 1.82. The lowest BCUT2D eigenvalue weighted by atomic mass is 10.1. The predicted octanol–water partition coefficient (Wildman–Crippen LogP) is 3.04. The molecule has 0 saturated carbocycles. The zero-order chi connectivity index (χ0) is 12.4. The first kappa shape index (κ1) is 12.2. The maximum atomic E-state index is 13.5. The fourth-order valence-electron chi connectivity index (χ4n) is 1.86. The Bertz CT molecular complexity index is 441. The second-order valence-electron chi connectivity index (χ2n) is 4.04. The molecule has 0 amide bonds. The van der Waals surface area contributed by atoms with Crippen LogP contribution in [0.3, 0.4) is 0 Å². The third kappa shape index (κ3) is 2.69. The van der Waals surface area contributed by atoms with Crippen LogP contribution in [0.15, 0.2) is 18.2 Å². The second kappa shape index (κ2) is 4.91. The van der Waals surface area contributed by atoms with Gasteiger partial charge in [0.2, 0.25) is 0 Å². The molecule has 1 fully saturated rings. The molecule has 0 bridgehead atoms. The van der Waals surface area contributed by atoms with E-state index in [2.05, 4.69) is 12.2 Å². The van der Waals surface area contributed by atoms with Crippen LogP contribution in [0.1, 0.15) is 13.3 Å². The first-order valence-corrected chi connectivity index (χ1v) is 6.45. The summed E-state index contributed by atoms with van der Waals surface area (Å²) in [6.07, 6.45) is 0.952. The third-order valence-corrected chi connectivity index (χ3v) is 4.20. The SMILES string of the molecule is CC1SCCC1Nc1cc([N+](=O)[O-])ccc1F. The number of non-ortho nitro benzene ring substituents is 1. The normalized spacial score (nSPS) is 23.6. The number of nitro groups is 1. The van der Waals surface area contributed by atoms with E-state index in [1.165, 1.54) is 12.1 Å². The summed E-state index contributed by atoms with van der Waals surface area (Å²) < 4.78 is 13.5. The van der Waals surface area contributed by atoms with Gasteiger partial charge in [-0.3, -0.25) is 10.1 Å². The molecule has 2 unspecified atom stereocenters. The number of anilines is 1. The van der Waals surface area contributed by atoms with Crippen LogP contribution < -0.4 is 5.32 Å². The van der Waals surface area contributed by atoms with Crippen molar-refractivity contribution in [2.24, 2.45) is 0 Å². The standard InChI is InChI=1S/C11H13FN2O2S/c1-7-10(4-5-17-7)13-11-6-8(14(15)16)2-3-9(11)12/h2-3,6-7,10,13H,4-5H2,1H3. The fourth-order valence-corrected chi connectivity index (χ4v) is 3.06. The Balaban J connectivity index is 2.19. The van der Waals surface area contributed by atoms with Gasteiger partial charge in [-0.2, -0.15) is 11.8 Å². The molecule has 2 rings (SSSR count). The van der Waals surface area contributed by atoms with Crippen molar-refractivity contribution in [3.63, 3.8) is 0 Å². The van der Waals surface area contributed by atoms with Crippen LogP contribution in [0.25, 0.3) is 0 Å². The van der Waals surface area contributed by atoms with E-state index in [1.807, 2.05) is 11.8 Å². The molecule has 4 nitrogen and oxygen atoms in total. The van der Waals surface area contributed by atoms with Crippen molar-refractivity contribution in [2.45, 2.75) is 24.6 Å². The van der Waals surface area contributed by atoms with Crippen molar-refractivity contribution in [2.75, 3.05) is 11.1 Å². The highest BCUT2D eigenvalue weighted by Gasteiger charge is 2.25. The van der Waals surface area contributed by atoms with E-state index >= 15 is 0 Å². The average molecular weight is 256 g/mol. The molecule has 0 spiro atoms. The lowest BCUT2D eigenvalue weighted by Gasteiger charge is -2.18. The zero-order valence-corrected chi connectivity index (χ0v) is 10.2. The molecule has 0 aromatic heterocycles. The zero-order valence-electron chi connectivity index (χ0n) is 9.35. The van der Waals surface area contributed by atoms with Gasteiger partial charge >= 0.3 is 0 Å². The Kier molecular flexibility index (Phi) is 3.51. The maximum Gasteiger partial charge on any atom is 0.271 e. The van der Waals surface area contributed by atoms with Gasteiger partial charge in [0.15, 0.2) is 0 Å². The highest BCUT2D eigenvalue weighted by molar-refractivity contribution is 8.00. The van der Waals surface area contributed by atoms with Gasteiger partial charge in [0.05, 0.1) is 10.6 Å². The molecule has 1 aliphatic rings. The molecule has 1 aromatic rings. The minimum Gasteiger partial charge on any atom is -0.379 e. The van der Waals surface area contributed by atoms with Crippen molar-refractivity contribution >= 4 is 23.1 Å². The molecule has 1 aliphatic heterocycles. The molecule has 1 N–H and O–H groups in total. The Morgan fingerprint density at radius 2 is 2.35 bits per heavy atom. The Labute approximate surface area is 103 Å². The molecule has 92 valence electrons. The van der Waals surface area contributed by atoms with Gasteiger partial charge in [-0.25, -0.2) is 4.39 Å². The molecule has 6 heteroatoms. The first-order chi connectivity index (χ1) is 8.08. The van der Waals surface area contributed by atoms with E-state index in [-0.39, 0.29) is 17.4 Å². The molecular formula is C11H13FN2O2S. The number of nitro benzene ring substituents is 1. The molecule has 2 atom stereocenters. The van der Waals surface area contributed by atoms with E-state index in [9.17, 15) is 14.5 Å². The average Bonchev–Trinajstić information content (AvgIpc) is 2.67. The van der Waals surface area contributed by atoms with Crippen LogP contribution in [0.2, 0.25) is 0 Å². The van der Waals surface area contributed by atoms with Crippen molar-refractivity contribution in [3.8, 4) is 0 Å². The van der Waals surface area contributed by atoms with Crippen molar-refractivity contribution < 1.29 is 9.31 Å². The fraction of sp³-hybridized carbons (Fsp3) is 0.455. The minimum absolute atomic E-state index is 0.0906. The molecular weight excluding hydrogens is 243 g/mol. The second-order valence-corrected chi connectivity index (χ2v) is 5.52. The maximum absolute atomic E-state index is 13.5. The van der Waals surface area contributed by atoms with Gasteiger partial charge in [0.25, 0.3) is 5.69 Å². The van der Waals surface area contributed by atoms with E-state index in [1.54, 1.807) is 0 Å². The van der Waals surface area contributed by atoms with Crippen LogP contribution >= 0.6 is 11.8 Å². The van der Waals surface area contributed by atoms with Gasteiger partial charge < -0.3 is 5.32 Å². The van der Waals surface area contributed by atoms with Gasteiger partial charge in [-0.15, -0.1) is 0 Å². The number of nitrogens with zero attached hydrogens (tertiary/aromatic N) is 1. The lowest BCUT2D eigenvalue weighted by molar-refractivity contribution is -0.384. The highest BCUT2D eigenvalue weighted by Crippen LogP contribution is 2.30. The first-order valence-electron chi connectivity index (χ1n) is 5.40. The number of nitrogens with one attached hydrogen (secondary N) is 1. The van der Waals surface area contributed by atoms with Crippen molar-refractivity contribution in [1.82, 2.24) is 0 Å². The van der Waals surface area contributed by atoms with Gasteiger partial charge in [-0.1, -0.05) is 6.92 Å². The third-order valence-electron chi connectivity index (χ3n) is 2.88. The number of thioether (sulfide) groups is 1. The molecule has 1 aromatic carbocycles. The van der Waals surface area contributed by atoms with E-state index in [0.717, 1.165) is 18.2 Å². The van der Waals surface area contributed by atoms with E-state index < -0.39 is 10.7 Å². The number of benzene rings is 1. The van der Waals surface area contributed by atoms with Crippen molar-refractivity contribution in [3.05, 3.63) is 34.1 Å². The molecule has 1 saturated heterocycles. The number of rotatable bonds is 3. The topological polar surface area (TPSA) is 55.2 Å². The highest BCUT2D eigenvalue weighted by atomic mass is 32.2. The molecule has 0 radical (unpaired) electrons. The lowest BCUT2D eigenvalue weighted by Crippen LogP contribution is -2.25. The summed E-state index contributed by atoms with van der Waals surface area (Å²) in [4.78, 5) is 10.1. The summed E-state index contributed by atoms with van der Waals surface area (Å²) in [5.41, 5.74) is 0.130. The quantitative estimate of drug-likeness (QED) is 0.667. The van der Waals surface area contributed by atoms with Gasteiger partial charge in [0.1, 0.15) is 5.82 Å². The molecule has 1 heterocycles. The van der Waals surface area contributed by atoms with Crippen LogP contribution in [0, 0.1) is 15.9 Å². The number of hydrogen-bond acceptors (Lipinski definition) is 4. The van der Waals surface area contributed by atoms with Crippen LogP contribution in [0.4, 0.5) is 15.8 Å². The van der Waals surface area contributed by atoms with Crippen LogP contribution in [-0.2, 0) is 0 Å². The monoisotopic (exact) mass is 256 g/mol. The predicted molar refractivity (Wildman–Crippen MR) is 67.0 cm³/mol. The number of halogens is 1. The smallest absolute Gasteiger partial charge is 0.271 e. The minimum atomic E-state index is -0.516.